The molecule has 0 spiro atoms. The number of nitrogens with zero attached hydrogens (tertiary/aromatic N) is 3. The van der Waals surface area contributed by atoms with Crippen molar-refractivity contribution in [2.24, 2.45) is 11.7 Å². The van der Waals surface area contributed by atoms with Crippen LogP contribution in [0.1, 0.15) is 19.8 Å². The second kappa shape index (κ2) is 7.93. The molecule has 0 unspecified atom stereocenters. The number of likely N-dealkylation sites (N-methyl/N-ethyl adjacent to an activating group) is 2. The van der Waals surface area contributed by atoms with E-state index in [1.54, 1.807) is 6.92 Å². The molecule has 0 aromatic rings. The van der Waals surface area contributed by atoms with Crippen molar-refractivity contribution in [3.05, 3.63) is 0 Å². The Morgan fingerprint density at radius 3 is 2.41 bits per heavy atom. The van der Waals surface area contributed by atoms with Gasteiger partial charge in [0.25, 0.3) is 10.2 Å². The standard InChI is InChI=1S/C15H31BN4O6S/c1-4-19(13-9-20(2,3)10-13)27(25,26)18-8-12(6-5-7-16(23)24)15(17,11-18)14(21)22/h12-13,23-24H,4-11,17H2,1-3H3/p+1/t12-,15-/m0/s1. The molecular weight excluding hydrogens is 375 g/mol. The van der Waals surface area contributed by atoms with Crippen LogP contribution in [0.4, 0.5) is 0 Å². The van der Waals surface area contributed by atoms with Gasteiger partial charge in [0.15, 0.2) is 0 Å². The fraction of sp³-hybridized carbons (Fsp3) is 0.933. The second-order valence-electron chi connectivity index (χ2n) is 8.41. The van der Waals surface area contributed by atoms with Crippen LogP contribution >= 0.6 is 0 Å². The first kappa shape index (κ1) is 22.5. The highest BCUT2D eigenvalue weighted by Crippen LogP contribution is 2.34. The minimum Gasteiger partial charge on any atom is -0.480 e. The topological polar surface area (TPSA) is 144 Å². The molecule has 0 amide bonds. The molecule has 156 valence electrons. The second-order valence-corrected chi connectivity index (χ2v) is 10.3. The number of likely N-dealkylation sites (tertiary alicyclic amines) is 1. The molecule has 2 aliphatic heterocycles. The van der Waals surface area contributed by atoms with Gasteiger partial charge in [0.05, 0.1) is 14.1 Å². The number of quaternary nitrogens is 1. The van der Waals surface area contributed by atoms with Crippen LogP contribution in [0.2, 0.25) is 6.32 Å². The summed E-state index contributed by atoms with van der Waals surface area (Å²) in [5, 5.41) is 27.6. The summed E-state index contributed by atoms with van der Waals surface area (Å²) in [6.07, 6.45) is 0.759. The van der Waals surface area contributed by atoms with Crippen molar-refractivity contribution in [1.82, 2.24) is 8.61 Å². The highest BCUT2D eigenvalue weighted by atomic mass is 32.2. The third kappa shape index (κ3) is 4.64. The Hall–Kier alpha value is -0.755. The number of aliphatic carboxylic acids is 1. The quantitative estimate of drug-likeness (QED) is 0.255. The van der Waals surface area contributed by atoms with E-state index in [2.05, 4.69) is 0 Å². The van der Waals surface area contributed by atoms with Crippen LogP contribution in [0.5, 0.6) is 0 Å². The predicted octanol–water partition coefficient (Wildman–Crippen LogP) is -2.02. The number of hydrogen-bond donors (Lipinski definition) is 4. The molecule has 2 fully saturated rings. The molecule has 2 atom stereocenters. The minimum absolute atomic E-state index is 0.0220. The zero-order valence-corrected chi connectivity index (χ0v) is 17.1. The van der Waals surface area contributed by atoms with E-state index in [1.807, 2.05) is 14.1 Å². The summed E-state index contributed by atoms with van der Waals surface area (Å²) in [5.41, 5.74) is 4.43. The molecule has 0 aromatic carbocycles. The molecule has 0 aromatic heterocycles. The van der Waals surface area contributed by atoms with Crippen molar-refractivity contribution < 1.29 is 32.8 Å². The van der Waals surface area contributed by atoms with Crippen molar-refractivity contribution in [3.63, 3.8) is 0 Å². The summed E-state index contributed by atoms with van der Waals surface area (Å²) in [6, 6.07) is -0.101. The van der Waals surface area contributed by atoms with E-state index in [9.17, 15) is 18.3 Å². The van der Waals surface area contributed by atoms with Crippen LogP contribution < -0.4 is 5.73 Å². The van der Waals surface area contributed by atoms with Gasteiger partial charge in [-0.15, -0.1) is 0 Å². The number of carboxylic acids is 1. The molecular formula is C15H32BN4O6S+. The average Bonchev–Trinajstić information content (AvgIpc) is 2.85. The minimum atomic E-state index is -3.83. The van der Waals surface area contributed by atoms with E-state index in [1.165, 1.54) is 8.61 Å². The Labute approximate surface area is 161 Å². The highest BCUT2D eigenvalue weighted by molar-refractivity contribution is 7.86. The Morgan fingerprint density at radius 1 is 1.37 bits per heavy atom. The van der Waals surface area contributed by atoms with E-state index in [-0.39, 0.29) is 25.5 Å². The summed E-state index contributed by atoms with van der Waals surface area (Å²) < 4.78 is 29.7. The van der Waals surface area contributed by atoms with E-state index in [0.29, 0.717) is 32.5 Å². The van der Waals surface area contributed by atoms with Crippen LogP contribution in [0.25, 0.3) is 0 Å². The first-order chi connectivity index (χ1) is 12.3. The summed E-state index contributed by atoms with van der Waals surface area (Å²) in [5.74, 6) is -1.82. The zero-order valence-electron chi connectivity index (χ0n) is 16.3. The molecule has 10 nitrogen and oxygen atoms in total. The lowest BCUT2D eigenvalue weighted by Gasteiger charge is -2.48. The van der Waals surface area contributed by atoms with Gasteiger partial charge < -0.3 is 25.4 Å². The van der Waals surface area contributed by atoms with Crippen LogP contribution in [0.3, 0.4) is 0 Å². The van der Waals surface area contributed by atoms with Gasteiger partial charge in [-0.3, -0.25) is 4.79 Å². The largest absolute Gasteiger partial charge is 0.480 e. The van der Waals surface area contributed by atoms with Gasteiger partial charge in [0.2, 0.25) is 0 Å². The van der Waals surface area contributed by atoms with Crippen molar-refractivity contribution in [2.75, 3.05) is 46.8 Å². The molecule has 2 heterocycles. The fourth-order valence-corrected chi connectivity index (χ4v) is 6.11. The Morgan fingerprint density at radius 2 is 1.96 bits per heavy atom. The molecule has 5 N–H and O–H groups in total. The lowest BCUT2D eigenvalue weighted by atomic mass is 9.78. The SMILES string of the molecule is CCN(C1C[N+](C)(C)C1)S(=O)(=O)N1C[C@H](CCCB(O)O)[C@](N)(C(=O)O)C1. The first-order valence-corrected chi connectivity index (χ1v) is 10.7. The number of hydrogen-bond acceptors (Lipinski definition) is 6. The van der Waals surface area contributed by atoms with Crippen molar-refractivity contribution in [2.45, 2.75) is 37.7 Å². The van der Waals surface area contributed by atoms with Crippen LogP contribution in [0.15, 0.2) is 0 Å². The lowest BCUT2D eigenvalue weighted by molar-refractivity contribution is -0.933. The molecule has 0 radical (unpaired) electrons. The van der Waals surface area contributed by atoms with Gasteiger partial charge in [-0.2, -0.15) is 17.0 Å². The summed E-state index contributed by atoms with van der Waals surface area (Å²) >= 11 is 0. The summed E-state index contributed by atoms with van der Waals surface area (Å²) in [4.78, 5) is 11.8. The first-order valence-electron chi connectivity index (χ1n) is 9.31. The molecule has 0 aliphatic carbocycles. The predicted molar refractivity (Wildman–Crippen MR) is 101 cm³/mol. The Kier molecular flexibility index (Phi) is 6.62. The molecule has 0 bridgehead atoms. The molecule has 12 heteroatoms. The highest BCUT2D eigenvalue weighted by Gasteiger charge is 2.55. The van der Waals surface area contributed by atoms with Gasteiger partial charge in [0, 0.05) is 25.6 Å². The third-order valence-electron chi connectivity index (χ3n) is 5.76. The van der Waals surface area contributed by atoms with Crippen LogP contribution in [0, 0.1) is 5.92 Å². The van der Waals surface area contributed by atoms with E-state index in [4.69, 9.17) is 15.8 Å². The number of carboxylic acid groups (broad SMARTS) is 1. The van der Waals surface area contributed by atoms with Gasteiger partial charge >= 0.3 is 13.1 Å². The van der Waals surface area contributed by atoms with Gasteiger partial charge in [-0.05, 0) is 12.7 Å². The summed E-state index contributed by atoms with van der Waals surface area (Å²) in [6.45, 7) is 3.26. The average molecular weight is 407 g/mol. The molecule has 2 rings (SSSR count). The van der Waals surface area contributed by atoms with Crippen LogP contribution in [-0.2, 0) is 15.0 Å². The van der Waals surface area contributed by atoms with Crippen molar-refractivity contribution >= 4 is 23.3 Å². The van der Waals surface area contributed by atoms with Crippen molar-refractivity contribution in [1.29, 1.82) is 0 Å². The maximum absolute atomic E-state index is 13.2. The fourth-order valence-electron chi connectivity index (χ4n) is 4.24. The molecule has 0 saturated carbocycles. The molecule has 2 aliphatic rings. The number of rotatable bonds is 9. The monoisotopic (exact) mass is 407 g/mol. The summed E-state index contributed by atoms with van der Waals surface area (Å²) in [7, 11) is -1.23. The smallest absolute Gasteiger partial charge is 0.451 e. The number of carbonyl (C=O) groups is 1. The molecule has 2 saturated heterocycles. The normalized spacial score (nSPS) is 29.1. The van der Waals surface area contributed by atoms with Gasteiger partial charge in [0.1, 0.15) is 24.7 Å². The Balaban J connectivity index is 2.15. The maximum atomic E-state index is 13.2. The zero-order chi connectivity index (χ0) is 20.6. The Bertz CT molecular complexity index is 653. The lowest BCUT2D eigenvalue weighted by Crippen LogP contribution is -2.69. The van der Waals surface area contributed by atoms with E-state index < -0.39 is 34.8 Å². The third-order valence-corrected chi connectivity index (χ3v) is 7.83. The van der Waals surface area contributed by atoms with E-state index in [0.717, 1.165) is 4.48 Å². The maximum Gasteiger partial charge on any atom is 0.451 e. The van der Waals surface area contributed by atoms with Gasteiger partial charge in [-0.1, -0.05) is 13.3 Å². The van der Waals surface area contributed by atoms with Gasteiger partial charge in [-0.25, -0.2) is 0 Å². The van der Waals surface area contributed by atoms with Crippen LogP contribution in [-0.4, -0.2) is 108 Å². The number of nitrogens with two attached hydrogens (primary N) is 1. The van der Waals surface area contributed by atoms with E-state index >= 15 is 0 Å². The van der Waals surface area contributed by atoms with Crippen molar-refractivity contribution in [3.8, 4) is 0 Å². The molecule has 27 heavy (non-hydrogen) atoms.